The number of rotatable bonds is 2. The molecule has 0 spiro atoms. The molecule has 116 valence electrons. The minimum Gasteiger partial charge on any atom is -0.494 e. The highest BCUT2D eigenvalue weighted by molar-refractivity contribution is 5.85. The van der Waals surface area contributed by atoms with E-state index in [2.05, 4.69) is 20.7 Å². The van der Waals surface area contributed by atoms with Gasteiger partial charge in [-0.3, -0.25) is 0 Å². The predicted molar refractivity (Wildman–Crippen MR) is 89.9 cm³/mol. The minimum atomic E-state index is -0.480. The van der Waals surface area contributed by atoms with Crippen molar-refractivity contribution in [2.75, 3.05) is 0 Å². The normalized spacial score (nSPS) is 19.7. The van der Waals surface area contributed by atoms with Gasteiger partial charge in [-0.25, -0.2) is 0 Å². The Labute approximate surface area is 141 Å². The fourth-order valence-electron chi connectivity index (χ4n) is 2.48. The van der Waals surface area contributed by atoms with Gasteiger partial charge in [0.15, 0.2) is 5.88 Å². The summed E-state index contributed by atoms with van der Waals surface area (Å²) in [4.78, 5) is 0. The van der Waals surface area contributed by atoms with Gasteiger partial charge in [-0.2, -0.15) is 0 Å². The molecule has 1 aromatic heterocycles. The van der Waals surface area contributed by atoms with Gasteiger partial charge >= 0.3 is 0 Å². The lowest BCUT2D eigenvalue weighted by atomic mass is 9.73. The summed E-state index contributed by atoms with van der Waals surface area (Å²) in [6, 6.07) is 11.7. The maximum absolute atomic E-state index is 10.2. The molecule has 5 nitrogen and oxygen atoms in total. The van der Waals surface area contributed by atoms with E-state index in [1.807, 2.05) is 43.3 Å². The second-order valence-corrected chi connectivity index (χ2v) is 4.78. The fraction of sp³-hybridized carbons (Fsp3) is 0.133. The van der Waals surface area contributed by atoms with Gasteiger partial charge in [0, 0.05) is 11.6 Å². The molecule has 0 radical (unpaired) electrons. The molecule has 22 heavy (non-hydrogen) atoms. The van der Waals surface area contributed by atoms with E-state index in [9.17, 15) is 5.11 Å². The highest BCUT2D eigenvalue weighted by atomic mass is 35.5. The van der Waals surface area contributed by atoms with E-state index in [1.54, 1.807) is 18.5 Å². The van der Waals surface area contributed by atoms with E-state index in [1.165, 1.54) is 0 Å². The van der Waals surface area contributed by atoms with Crippen LogP contribution in [0, 0.1) is 0 Å². The third-order valence-corrected chi connectivity index (χ3v) is 3.53. The summed E-state index contributed by atoms with van der Waals surface area (Å²) >= 11 is 0. The van der Waals surface area contributed by atoms with Crippen molar-refractivity contribution >= 4 is 30.4 Å². The van der Waals surface area contributed by atoms with Gasteiger partial charge in [0.05, 0.1) is 17.5 Å². The average Bonchev–Trinajstić information content (AvgIpc) is 2.49. The number of halogens is 2. The topological polar surface area (TPSA) is 70.9 Å². The smallest absolute Gasteiger partial charge is 0.194 e. The molecule has 0 bridgehead atoms. The standard InChI is InChI=1S/C15H14N4O.2ClH/c1-15(11-5-3-2-4-6-11)8-10-16-14(20)13(15)12-7-9-17-19-18-12;;/h2-10,16,20H,1H3;2*1H. The number of aliphatic hydroxyl groups excluding tert-OH is 1. The molecule has 2 aromatic rings. The summed E-state index contributed by atoms with van der Waals surface area (Å²) < 4.78 is 0. The highest BCUT2D eigenvalue weighted by Crippen LogP contribution is 2.41. The number of dihydropyridines is 1. The monoisotopic (exact) mass is 338 g/mol. The van der Waals surface area contributed by atoms with Gasteiger partial charge in [0.2, 0.25) is 0 Å². The molecule has 2 heterocycles. The SMILES string of the molecule is CC1(c2ccccc2)C=CNC(O)=C1c1ccnnn1.Cl.Cl. The third-order valence-electron chi connectivity index (χ3n) is 3.53. The molecule has 1 aromatic carbocycles. The van der Waals surface area contributed by atoms with Gasteiger partial charge in [-0.05, 0) is 23.8 Å². The number of allylic oxidation sites excluding steroid dienone is 2. The van der Waals surface area contributed by atoms with E-state index in [0.717, 1.165) is 5.56 Å². The van der Waals surface area contributed by atoms with Crippen LogP contribution in [0.15, 0.2) is 60.8 Å². The summed E-state index contributed by atoms with van der Waals surface area (Å²) in [7, 11) is 0. The van der Waals surface area contributed by atoms with Crippen LogP contribution >= 0.6 is 24.8 Å². The van der Waals surface area contributed by atoms with Gasteiger partial charge in [-0.15, -0.1) is 35.0 Å². The van der Waals surface area contributed by atoms with Crippen LogP contribution in [0.3, 0.4) is 0 Å². The lowest BCUT2D eigenvalue weighted by molar-refractivity contribution is 0.375. The number of hydrogen-bond acceptors (Lipinski definition) is 5. The zero-order valence-electron chi connectivity index (χ0n) is 11.8. The van der Waals surface area contributed by atoms with Gasteiger partial charge < -0.3 is 10.4 Å². The fourth-order valence-corrected chi connectivity index (χ4v) is 2.48. The predicted octanol–water partition coefficient (Wildman–Crippen LogP) is 3.02. The van der Waals surface area contributed by atoms with Crippen LogP contribution in [-0.4, -0.2) is 20.5 Å². The van der Waals surface area contributed by atoms with Crippen molar-refractivity contribution in [3.05, 3.63) is 72.0 Å². The van der Waals surface area contributed by atoms with E-state index in [-0.39, 0.29) is 30.7 Å². The first-order valence-electron chi connectivity index (χ1n) is 6.30. The molecule has 0 fully saturated rings. The van der Waals surface area contributed by atoms with Crippen LogP contribution < -0.4 is 5.32 Å². The molecule has 0 amide bonds. The minimum absolute atomic E-state index is 0. The van der Waals surface area contributed by atoms with Crippen LogP contribution in [0.1, 0.15) is 18.2 Å². The largest absolute Gasteiger partial charge is 0.494 e. The Bertz CT molecular complexity index is 676. The van der Waals surface area contributed by atoms with Gasteiger partial charge in [-0.1, -0.05) is 36.4 Å². The van der Waals surface area contributed by atoms with Crippen molar-refractivity contribution in [3.8, 4) is 0 Å². The number of nitrogens with one attached hydrogen (secondary N) is 1. The van der Waals surface area contributed by atoms with Crippen LogP contribution in [0.25, 0.3) is 5.57 Å². The lowest BCUT2D eigenvalue weighted by Crippen LogP contribution is -2.30. The molecule has 1 unspecified atom stereocenters. The first-order chi connectivity index (χ1) is 9.72. The van der Waals surface area contributed by atoms with Crippen molar-refractivity contribution in [2.45, 2.75) is 12.3 Å². The van der Waals surface area contributed by atoms with Gasteiger partial charge in [0.25, 0.3) is 0 Å². The Morgan fingerprint density at radius 3 is 2.45 bits per heavy atom. The molecule has 0 saturated heterocycles. The second kappa shape index (κ2) is 7.24. The van der Waals surface area contributed by atoms with Crippen LogP contribution in [0.2, 0.25) is 0 Å². The maximum Gasteiger partial charge on any atom is 0.194 e. The Hall–Kier alpha value is -2.11. The Kier molecular flexibility index (Phi) is 5.91. The van der Waals surface area contributed by atoms with E-state index >= 15 is 0 Å². The zero-order chi connectivity index (χ0) is 14.0. The molecule has 1 aliphatic heterocycles. The van der Waals surface area contributed by atoms with Gasteiger partial charge in [0.1, 0.15) is 0 Å². The molecule has 0 saturated carbocycles. The summed E-state index contributed by atoms with van der Waals surface area (Å²) in [6.07, 6.45) is 5.30. The first-order valence-corrected chi connectivity index (χ1v) is 6.30. The van der Waals surface area contributed by atoms with Crippen LogP contribution in [-0.2, 0) is 5.41 Å². The Morgan fingerprint density at radius 2 is 1.82 bits per heavy atom. The first kappa shape index (κ1) is 17.9. The summed E-state index contributed by atoms with van der Waals surface area (Å²) in [6.45, 7) is 2.04. The molecule has 3 rings (SSSR count). The van der Waals surface area contributed by atoms with Crippen molar-refractivity contribution in [3.63, 3.8) is 0 Å². The Balaban J connectivity index is 0.00000121. The number of aromatic nitrogens is 3. The molecule has 2 N–H and O–H groups in total. The quantitative estimate of drug-likeness (QED) is 0.880. The van der Waals surface area contributed by atoms with Crippen molar-refractivity contribution in [1.82, 2.24) is 20.7 Å². The number of nitrogens with zero attached hydrogens (tertiary/aromatic N) is 3. The van der Waals surface area contributed by atoms with Crippen LogP contribution in [0.4, 0.5) is 0 Å². The van der Waals surface area contributed by atoms with Crippen molar-refractivity contribution in [1.29, 1.82) is 0 Å². The molecule has 7 heteroatoms. The van der Waals surface area contributed by atoms with Crippen molar-refractivity contribution in [2.24, 2.45) is 0 Å². The zero-order valence-corrected chi connectivity index (χ0v) is 13.4. The molecular formula is C15H16Cl2N4O. The Morgan fingerprint density at radius 1 is 1.09 bits per heavy atom. The second-order valence-electron chi connectivity index (χ2n) is 4.78. The van der Waals surface area contributed by atoms with E-state index in [4.69, 9.17) is 0 Å². The third kappa shape index (κ3) is 3.05. The number of hydrogen-bond donors (Lipinski definition) is 2. The summed E-state index contributed by atoms with van der Waals surface area (Å²) in [5.41, 5.74) is 1.87. The number of aliphatic hydroxyl groups is 1. The number of benzene rings is 1. The molecular weight excluding hydrogens is 323 g/mol. The van der Waals surface area contributed by atoms with Crippen LogP contribution in [0.5, 0.6) is 0 Å². The average molecular weight is 339 g/mol. The van der Waals surface area contributed by atoms with E-state index in [0.29, 0.717) is 11.3 Å². The summed E-state index contributed by atoms with van der Waals surface area (Å²) in [5.74, 6) is 0.0827. The molecule has 1 aliphatic rings. The maximum atomic E-state index is 10.2. The molecule has 0 aliphatic carbocycles. The summed E-state index contributed by atoms with van der Waals surface area (Å²) in [5, 5.41) is 24.4. The van der Waals surface area contributed by atoms with Crippen molar-refractivity contribution < 1.29 is 5.11 Å². The lowest BCUT2D eigenvalue weighted by Gasteiger charge is -2.32. The molecule has 1 atom stereocenters. The highest BCUT2D eigenvalue weighted by Gasteiger charge is 2.35. The van der Waals surface area contributed by atoms with E-state index < -0.39 is 5.41 Å².